The summed E-state index contributed by atoms with van der Waals surface area (Å²) in [6.07, 6.45) is 1.66. The van der Waals surface area contributed by atoms with Crippen LogP contribution in [0.5, 0.6) is 17.2 Å². The van der Waals surface area contributed by atoms with Crippen LogP contribution in [-0.2, 0) is 16.0 Å². The molecule has 0 aliphatic carbocycles. The van der Waals surface area contributed by atoms with Crippen molar-refractivity contribution in [3.05, 3.63) is 53.6 Å². The van der Waals surface area contributed by atoms with Crippen molar-refractivity contribution < 1.29 is 24.2 Å². The van der Waals surface area contributed by atoms with Crippen molar-refractivity contribution >= 4 is 18.0 Å². The number of phenolic OH excluding ortho intramolecular Hbond substituents is 1. The molecular weight excluding hydrogens is 386 g/mol. The lowest BCUT2D eigenvalue weighted by Crippen LogP contribution is -2.46. The first kappa shape index (κ1) is 22.7. The largest absolute Gasteiger partial charge is 0.508 e. The molecule has 0 atom stereocenters. The Kier molecular flexibility index (Phi) is 7.80. The van der Waals surface area contributed by atoms with Gasteiger partial charge in [0.2, 0.25) is 11.8 Å². The van der Waals surface area contributed by atoms with Gasteiger partial charge >= 0.3 is 0 Å². The highest BCUT2D eigenvalue weighted by Crippen LogP contribution is 2.26. The number of nitrogens with one attached hydrogen (secondary N) is 2. The van der Waals surface area contributed by atoms with Gasteiger partial charge in [0.1, 0.15) is 12.2 Å². The molecule has 0 saturated heterocycles. The molecule has 2 amide bonds. The Bertz CT molecular complexity index is 907. The Morgan fingerprint density at radius 1 is 1.03 bits per heavy atom. The van der Waals surface area contributed by atoms with Crippen LogP contribution in [0.4, 0.5) is 0 Å². The molecule has 0 aromatic heterocycles. The number of amides is 2. The van der Waals surface area contributed by atoms with Crippen LogP contribution < -0.4 is 20.2 Å². The van der Waals surface area contributed by atoms with Crippen LogP contribution in [0.2, 0.25) is 0 Å². The van der Waals surface area contributed by atoms with Gasteiger partial charge in [0, 0.05) is 5.54 Å². The highest BCUT2D eigenvalue weighted by molar-refractivity contribution is 5.97. The molecule has 0 spiro atoms. The van der Waals surface area contributed by atoms with Gasteiger partial charge in [-0.1, -0.05) is 12.1 Å². The molecule has 0 heterocycles. The number of hydrogen-bond acceptors (Lipinski definition) is 6. The van der Waals surface area contributed by atoms with Gasteiger partial charge < -0.3 is 19.9 Å². The minimum Gasteiger partial charge on any atom is -0.508 e. The number of methoxy groups -OCH3 is 2. The number of rotatable bonds is 9. The van der Waals surface area contributed by atoms with E-state index in [1.165, 1.54) is 13.3 Å². The number of nitrogens with zero attached hydrogens (tertiary/aromatic N) is 1. The van der Waals surface area contributed by atoms with Gasteiger partial charge in [0.25, 0.3) is 0 Å². The summed E-state index contributed by atoms with van der Waals surface area (Å²) in [6.45, 7) is 3.73. The fraction of sp³-hybridized carbons (Fsp3) is 0.318. The molecule has 160 valence electrons. The van der Waals surface area contributed by atoms with Crippen molar-refractivity contribution in [2.24, 2.45) is 5.10 Å². The zero-order valence-electron chi connectivity index (χ0n) is 17.6. The van der Waals surface area contributed by atoms with E-state index in [2.05, 4.69) is 15.8 Å². The molecule has 2 rings (SSSR count). The maximum atomic E-state index is 12.2. The fourth-order valence-corrected chi connectivity index (χ4v) is 2.89. The summed E-state index contributed by atoms with van der Waals surface area (Å²) in [5.74, 6) is 0.390. The maximum absolute atomic E-state index is 12.2. The van der Waals surface area contributed by atoms with Crippen molar-refractivity contribution in [1.82, 2.24) is 10.7 Å². The van der Waals surface area contributed by atoms with Crippen LogP contribution in [0.1, 0.15) is 31.4 Å². The first-order chi connectivity index (χ1) is 14.2. The van der Waals surface area contributed by atoms with E-state index in [-0.39, 0.29) is 12.2 Å². The second kappa shape index (κ2) is 10.3. The number of hydrazone groups is 1. The van der Waals surface area contributed by atoms with E-state index in [0.717, 1.165) is 5.56 Å². The number of carbonyl (C=O) groups excluding carboxylic acids is 2. The molecule has 3 N–H and O–H groups in total. The van der Waals surface area contributed by atoms with E-state index >= 15 is 0 Å². The molecule has 2 aromatic carbocycles. The monoisotopic (exact) mass is 413 g/mol. The summed E-state index contributed by atoms with van der Waals surface area (Å²) in [5, 5.41) is 16.1. The summed E-state index contributed by atoms with van der Waals surface area (Å²) >= 11 is 0. The van der Waals surface area contributed by atoms with Crippen molar-refractivity contribution in [2.45, 2.75) is 32.2 Å². The van der Waals surface area contributed by atoms with Gasteiger partial charge in [0.15, 0.2) is 11.5 Å². The Morgan fingerprint density at radius 3 is 2.33 bits per heavy atom. The molecule has 0 aliphatic rings. The standard InChI is InChI=1S/C22H27N3O5/c1-22(2,13-15-5-8-17(26)9-6-15)24-20(27)12-21(28)25-23-14-16-7-10-18(29-3)19(11-16)30-4/h5-11,14,26H,12-13H2,1-4H3,(H,24,27)(H,25,28)/b23-14-. The normalized spacial score (nSPS) is 11.2. The summed E-state index contributed by atoms with van der Waals surface area (Å²) in [7, 11) is 3.07. The Balaban J connectivity index is 1.84. The number of phenols is 1. The fourth-order valence-electron chi connectivity index (χ4n) is 2.89. The minimum absolute atomic E-state index is 0.186. The third kappa shape index (κ3) is 7.12. The second-order valence-electron chi connectivity index (χ2n) is 7.36. The molecule has 30 heavy (non-hydrogen) atoms. The van der Waals surface area contributed by atoms with Crippen molar-refractivity contribution in [2.75, 3.05) is 14.2 Å². The van der Waals surface area contributed by atoms with Gasteiger partial charge in [-0.05, 0) is 61.7 Å². The van der Waals surface area contributed by atoms with Gasteiger partial charge in [-0.3, -0.25) is 9.59 Å². The van der Waals surface area contributed by atoms with Gasteiger partial charge in [-0.2, -0.15) is 5.10 Å². The highest BCUT2D eigenvalue weighted by Gasteiger charge is 2.22. The average Bonchev–Trinajstić information content (AvgIpc) is 2.68. The molecule has 0 aliphatic heterocycles. The van der Waals surface area contributed by atoms with Crippen LogP contribution >= 0.6 is 0 Å². The first-order valence-electron chi connectivity index (χ1n) is 9.35. The third-order valence-corrected chi connectivity index (χ3v) is 4.19. The Labute approximate surface area is 175 Å². The van der Waals surface area contributed by atoms with Crippen molar-refractivity contribution in [3.8, 4) is 17.2 Å². The lowest BCUT2D eigenvalue weighted by molar-refractivity contribution is -0.130. The molecule has 8 heteroatoms. The van der Waals surface area contributed by atoms with Crippen LogP contribution in [0.25, 0.3) is 0 Å². The Hall–Kier alpha value is -3.55. The SMILES string of the molecule is COc1ccc(/C=N\NC(=O)CC(=O)NC(C)(C)Cc2ccc(O)cc2)cc1OC. The van der Waals surface area contributed by atoms with E-state index in [9.17, 15) is 14.7 Å². The van der Waals surface area contributed by atoms with E-state index in [0.29, 0.717) is 23.5 Å². The van der Waals surface area contributed by atoms with Crippen molar-refractivity contribution in [3.63, 3.8) is 0 Å². The van der Waals surface area contributed by atoms with Gasteiger partial charge in [-0.15, -0.1) is 0 Å². The van der Waals surface area contributed by atoms with Crippen LogP contribution in [0.15, 0.2) is 47.6 Å². The van der Waals surface area contributed by atoms with Gasteiger partial charge in [0.05, 0.1) is 20.4 Å². The minimum atomic E-state index is -0.558. The number of benzene rings is 2. The lowest BCUT2D eigenvalue weighted by Gasteiger charge is -2.26. The van der Waals surface area contributed by atoms with Crippen LogP contribution in [0, 0.1) is 0 Å². The summed E-state index contributed by atoms with van der Waals surface area (Å²) in [4.78, 5) is 24.2. The summed E-state index contributed by atoms with van der Waals surface area (Å²) < 4.78 is 10.4. The molecule has 0 fully saturated rings. The quantitative estimate of drug-likeness (QED) is 0.332. The zero-order chi connectivity index (χ0) is 22.1. The molecule has 2 aromatic rings. The number of carbonyl (C=O) groups is 2. The average molecular weight is 413 g/mol. The molecule has 0 radical (unpaired) electrons. The predicted octanol–water partition coefficient (Wildman–Crippen LogP) is 2.39. The maximum Gasteiger partial charge on any atom is 0.249 e. The van der Waals surface area contributed by atoms with E-state index in [1.807, 2.05) is 13.8 Å². The van der Waals surface area contributed by atoms with E-state index < -0.39 is 17.4 Å². The predicted molar refractivity (Wildman–Crippen MR) is 114 cm³/mol. The molecule has 8 nitrogen and oxygen atoms in total. The number of aromatic hydroxyl groups is 1. The number of ether oxygens (including phenoxy) is 2. The second-order valence-corrected chi connectivity index (χ2v) is 7.36. The molecule has 0 saturated carbocycles. The Morgan fingerprint density at radius 2 is 1.70 bits per heavy atom. The summed E-state index contributed by atoms with van der Waals surface area (Å²) in [5.41, 5.74) is 3.44. The van der Waals surface area contributed by atoms with Crippen LogP contribution in [-0.4, -0.2) is 42.9 Å². The van der Waals surface area contributed by atoms with E-state index in [1.54, 1.807) is 49.6 Å². The topological polar surface area (TPSA) is 109 Å². The first-order valence-corrected chi connectivity index (χ1v) is 9.35. The molecular formula is C22H27N3O5. The smallest absolute Gasteiger partial charge is 0.249 e. The van der Waals surface area contributed by atoms with E-state index in [4.69, 9.17) is 9.47 Å². The highest BCUT2D eigenvalue weighted by atomic mass is 16.5. The van der Waals surface area contributed by atoms with Crippen LogP contribution in [0.3, 0.4) is 0 Å². The zero-order valence-corrected chi connectivity index (χ0v) is 17.6. The molecule has 0 unspecified atom stereocenters. The lowest BCUT2D eigenvalue weighted by atomic mass is 9.94. The number of hydrogen-bond donors (Lipinski definition) is 3. The molecule has 0 bridgehead atoms. The third-order valence-electron chi connectivity index (χ3n) is 4.19. The van der Waals surface area contributed by atoms with Crippen molar-refractivity contribution in [1.29, 1.82) is 0 Å². The summed E-state index contributed by atoms with van der Waals surface area (Å²) in [6, 6.07) is 12.0. The van der Waals surface area contributed by atoms with Gasteiger partial charge in [-0.25, -0.2) is 5.43 Å².